The van der Waals surface area contributed by atoms with E-state index >= 15 is 0 Å². The van der Waals surface area contributed by atoms with Gasteiger partial charge in [0.1, 0.15) is 5.82 Å². The van der Waals surface area contributed by atoms with Crippen LogP contribution in [0.15, 0.2) is 24.3 Å². The fourth-order valence-corrected chi connectivity index (χ4v) is 2.66. The minimum absolute atomic E-state index is 0. The van der Waals surface area contributed by atoms with Gasteiger partial charge in [-0.25, -0.2) is 4.98 Å². The number of imidazole rings is 1. The average molecular weight is 375 g/mol. The second-order valence-electron chi connectivity index (χ2n) is 5.60. The Morgan fingerprint density at radius 2 is 1.88 bits per heavy atom. The highest BCUT2D eigenvalue weighted by atomic mass is 35.5. The van der Waals surface area contributed by atoms with Gasteiger partial charge in [-0.1, -0.05) is 25.0 Å². The molecule has 0 saturated carbocycles. The summed E-state index contributed by atoms with van der Waals surface area (Å²) in [5.41, 5.74) is 7.57. The number of nitrogens with one attached hydrogen (secondary N) is 1. The van der Waals surface area contributed by atoms with Crippen molar-refractivity contribution in [1.29, 1.82) is 0 Å². The Labute approximate surface area is 156 Å². The van der Waals surface area contributed by atoms with E-state index in [1.165, 1.54) is 0 Å². The molecule has 0 aliphatic rings. The van der Waals surface area contributed by atoms with Gasteiger partial charge in [-0.2, -0.15) is 0 Å². The highest BCUT2D eigenvalue weighted by molar-refractivity contribution is 5.85. The van der Waals surface area contributed by atoms with Gasteiger partial charge in [0.2, 0.25) is 5.91 Å². The van der Waals surface area contributed by atoms with Gasteiger partial charge in [-0.05, 0) is 38.4 Å². The van der Waals surface area contributed by atoms with Gasteiger partial charge < -0.3 is 15.6 Å². The van der Waals surface area contributed by atoms with Crippen LogP contribution in [-0.2, 0) is 11.3 Å². The van der Waals surface area contributed by atoms with Crippen LogP contribution in [0.3, 0.4) is 0 Å². The van der Waals surface area contributed by atoms with Crippen molar-refractivity contribution in [3.8, 4) is 0 Å². The molecule has 0 radical (unpaired) electrons. The molecule has 1 heterocycles. The first-order valence-corrected chi connectivity index (χ1v) is 8.11. The molecule has 3 N–H and O–H groups in total. The Kier molecular flexibility index (Phi) is 11.5. The molecule has 2 aromatic rings. The maximum atomic E-state index is 11.8. The SMILES string of the molecule is Cc1nc2ccccc2n1CCNC(=O)CCCCCCN.Cl.Cl. The van der Waals surface area contributed by atoms with Gasteiger partial charge in [0.05, 0.1) is 11.0 Å². The Hall–Kier alpha value is -1.30. The smallest absolute Gasteiger partial charge is 0.220 e. The van der Waals surface area contributed by atoms with Crippen molar-refractivity contribution in [2.24, 2.45) is 5.73 Å². The van der Waals surface area contributed by atoms with Crippen molar-refractivity contribution in [1.82, 2.24) is 14.9 Å². The summed E-state index contributed by atoms with van der Waals surface area (Å²) in [7, 11) is 0. The summed E-state index contributed by atoms with van der Waals surface area (Å²) in [6.45, 7) is 4.14. The van der Waals surface area contributed by atoms with Gasteiger partial charge >= 0.3 is 0 Å². The van der Waals surface area contributed by atoms with Crippen LogP contribution < -0.4 is 11.1 Å². The molecule has 1 amide bonds. The predicted octanol–water partition coefficient (Wildman–Crippen LogP) is 3.21. The topological polar surface area (TPSA) is 72.9 Å². The number of aromatic nitrogens is 2. The average Bonchev–Trinajstić information content (AvgIpc) is 2.83. The lowest BCUT2D eigenvalue weighted by molar-refractivity contribution is -0.121. The van der Waals surface area contributed by atoms with Gasteiger partial charge in [-0.3, -0.25) is 4.79 Å². The van der Waals surface area contributed by atoms with E-state index in [1.54, 1.807) is 0 Å². The molecule has 5 nitrogen and oxygen atoms in total. The normalized spacial score (nSPS) is 10.1. The van der Waals surface area contributed by atoms with E-state index in [4.69, 9.17) is 5.73 Å². The summed E-state index contributed by atoms with van der Waals surface area (Å²) in [4.78, 5) is 16.3. The van der Waals surface area contributed by atoms with E-state index in [2.05, 4.69) is 20.9 Å². The molecule has 0 aliphatic carbocycles. The number of amides is 1. The number of nitrogens with zero attached hydrogens (tertiary/aromatic N) is 2. The number of carbonyl (C=O) groups excluding carboxylic acids is 1. The van der Waals surface area contributed by atoms with Crippen molar-refractivity contribution >= 4 is 41.8 Å². The molecule has 0 spiro atoms. The summed E-state index contributed by atoms with van der Waals surface area (Å²) >= 11 is 0. The summed E-state index contributed by atoms with van der Waals surface area (Å²) in [5, 5.41) is 2.99. The minimum atomic E-state index is 0. The molecule has 2 rings (SSSR count). The predicted molar refractivity (Wildman–Crippen MR) is 104 cm³/mol. The quantitative estimate of drug-likeness (QED) is 0.661. The fraction of sp³-hybridized carbons (Fsp3) is 0.529. The first-order valence-electron chi connectivity index (χ1n) is 8.11. The minimum Gasteiger partial charge on any atom is -0.354 e. The molecule has 0 atom stereocenters. The first-order chi connectivity index (χ1) is 10.7. The summed E-state index contributed by atoms with van der Waals surface area (Å²) < 4.78 is 2.15. The molecule has 0 aliphatic heterocycles. The third-order valence-corrected chi connectivity index (χ3v) is 3.86. The van der Waals surface area contributed by atoms with Gasteiger partial charge in [0.25, 0.3) is 0 Å². The van der Waals surface area contributed by atoms with Gasteiger partial charge in [-0.15, -0.1) is 24.8 Å². The number of hydrogen-bond acceptors (Lipinski definition) is 3. The van der Waals surface area contributed by atoms with Gasteiger partial charge in [0.15, 0.2) is 0 Å². The molecular weight excluding hydrogens is 347 g/mol. The van der Waals surface area contributed by atoms with E-state index in [1.807, 2.05) is 25.1 Å². The summed E-state index contributed by atoms with van der Waals surface area (Å²) in [5.74, 6) is 1.12. The Bertz CT molecular complexity index is 616. The third-order valence-electron chi connectivity index (χ3n) is 3.86. The van der Waals surface area contributed by atoms with Crippen molar-refractivity contribution in [3.63, 3.8) is 0 Å². The number of benzene rings is 1. The van der Waals surface area contributed by atoms with E-state index in [-0.39, 0.29) is 30.7 Å². The van der Waals surface area contributed by atoms with E-state index < -0.39 is 0 Å². The summed E-state index contributed by atoms with van der Waals surface area (Å²) in [6, 6.07) is 8.08. The second-order valence-corrected chi connectivity index (χ2v) is 5.60. The first kappa shape index (κ1) is 22.7. The molecule has 136 valence electrons. The van der Waals surface area contributed by atoms with Crippen LogP contribution in [0, 0.1) is 6.92 Å². The molecule has 1 aromatic carbocycles. The van der Waals surface area contributed by atoms with Crippen LogP contribution in [0.1, 0.15) is 37.9 Å². The summed E-state index contributed by atoms with van der Waals surface area (Å²) in [6.07, 6.45) is 4.79. The maximum Gasteiger partial charge on any atom is 0.220 e. The lowest BCUT2D eigenvalue weighted by Gasteiger charge is -2.08. The van der Waals surface area contributed by atoms with Crippen molar-refractivity contribution in [2.75, 3.05) is 13.1 Å². The molecular formula is C17H28Cl2N4O. The highest BCUT2D eigenvalue weighted by Gasteiger charge is 2.07. The number of unbranched alkanes of at least 4 members (excludes halogenated alkanes) is 3. The highest BCUT2D eigenvalue weighted by Crippen LogP contribution is 2.14. The number of para-hydroxylation sites is 2. The van der Waals surface area contributed by atoms with Crippen LogP contribution in [0.2, 0.25) is 0 Å². The zero-order chi connectivity index (χ0) is 15.8. The zero-order valence-corrected chi connectivity index (χ0v) is 15.8. The van der Waals surface area contributed by atoms with E-state index in [0.29, 0.717) is 13.0 Å². The lowest BCUT2D eigenvalue weighted by Crippen LogP contribution is -2.27. The van der Waals surface area contributed by atoms with Crippen LogP contribution in [-0.4, -0.2) is 28.5 Å². The molecule has 1 aromatic heterocycles. The molecule has 0 bridgehead atoms. The third kappa shape index (κ3) is 6.67. The Morgan fingerprint density at radius 1 is 1.17 bits per heavy atom. The lowest BCUT2D eigenvalue weighted by atomic mass is 10.1. The number of fused-ring (bicyclic) bond motifs is 1. The molecule has 24 heavy (non-hydrogen) atoms. The van der Waals surface area contributed by atoms with E-state index in [9.17, 15) is 4.79 Å². The van der Waals surface area contributed by atoms with Crippen molar-refractivity contribution < 1.29 is 4.79 Å². The molecule has 0 saturated heterocycles. The van der Waals surface area contributed by atoms with Crippen LogP contribution >= 0.6 is 24.8 Å². The molecule has 7 heteroatoms. The van der Waals surface area contributed by atoms with Crippen LogP contribution in [0.25, 0.3) is 11.0 Å². The zero-order valence-electron chi connectivity index (χ0n) is 14.2. The van der Waals surface area contributed by atoms with Crippen molar-refractivity contribution in [3.05, 3.63) is 30.1 Å². The van der Waals surface area contributed by atoms with Crippen molar-refractivity contribution in [2.45, 2.75) is 45.6 Å². The Balaban J connectivity index is 0.00000264. The maximum absolute atomic E-state index is 11.8. The fourth-order valence-electron chi connectivity index (χ4n) is 2.66. The molecule has 0 fully saturated rings. The Morgan fingerprint density at radius 3 is 2.62 bits per heavy atom. The number of rotatable bonds is 9. The monoisotopic (exact) mass is 374 g/mol. The number of aryl methyl sites for hydroxylation is 1. The molecule has 0 unspecified atom stereocenters. The largest absolute Gasteiger partial charge is 0.354 e. The standard InChI is InChI=1S/C17H26N4O.2ClH/c1-14-20-15-8-5-6-9-16(15)21(14)13-12-19-17(22)10-4-2-3-7-11-18;;/h5-6,8-9H,2-4,7,10-13,18H2,1H3,(H,19,22);2*1H. The van der Waals surface area contributed by atoms with E-state index in [0.717, 1.165) is 55.6 Å². The van der Waals surface area contributed by atoms with Crippen LogP contribution in [0.5, 0.6) is 0 Å². The number of carbonyl (C=O) groups is 1. The van der Waals surface area contributed by atoms with Crippen LogP contribution in [0.4, 0.5) is 0 Å². The second kappa shape index (κ2) is 12.1. The number of halogens is 2. The van der Waals surface area contributed by atoms with Gasteiger partial charge in [0, 0.05) is 19.5 Å². The number of hydrogen-bond donors (Lipinski definition) is 2. The number of nitrogens with two attached hydrogens (primary N) is 1.